The van der Waals surface area contributed by atoms with Crippen LogP contribution in [-0.2, 0) is 16.0 Å². The van der Waals surface area contributed by atoms with Crippen LogP contribution in [0.25, 0.3) is 21.6 Å². The average Bonchev–Trinajstić information content (AvgIpc) is 3.00. The van der Waals surface area contributed by atoms with Gasteiger partial charge in [-0.3, -0.25) is 9.27 Å². The number of carbonyl (C=O) groups is 1. The van der Waals surface area contributed by atoms with E-state index in [1.165, 1.54) is 11.3 Å². The van der Waals surface area contributed by atoms with Crippen LogP contribution < -0.4 is 4.72 Å². The van der Waals surface area contributed by atoms with Crippen LogP contribution >= 0.6 is 22.9 Å². The lowest BCUT2D eigenvalue weighted by atomic mass is 9.99. The summed E-state index contributed by atoms with van der Waals surface area (Å²) in [6, 6.07) is 14.5. The first-order valence-corrected chi connectivity index (χ1v) is 10.7. The Labute approximate surface area is 174 Å². The van der Waals surface area contributed by atoms with E-state index in [0.717, 1.165) is 27.1 Å². The fourth-order valence-corrected chi connectivity index (χ4v) is 4.58. The third-order valence-electron chi connectivity index (χ3n) is 4.09. The SMILES string of the molecule is CCOC(=O)c1sc(-c2ccc(Cl)cc2)c(C)c1-c1ccc(NS(=O)O)cc1. The highest BCUT2D eigenvalue weighted by Crippen LogP contribution is 2.42. The van der Waals surface area contributed by atoms with E-state index in [-0.39, 0.29) is 12.6 Å². The van der Waals surface area contributed by atoms with Crippen LogP contribution in [-0.4, -0.2) is 21.3 Å². The molecule has 5 nitrogen and oxygen atoms in total. The quantitative estimate of drug-likeness (QED) is 0.380. The molecule has 146 valence electrons. The summed E-state index contributed by atoms with van der Waals surface area (Å²) in [6.07, 6.45) is 0. The van der Waals surface area contributed by atoms with Crippen molar-refractivity contribution in [2.75, 3.05) is 11.3 Å². The maximum Gasteiger partial charge on any atom is 0.348 e. The van der Waals surface area contributed by atoms with Crippen molar-refractivity contribution in [3.63, 3.8) is 0 Å². The van der Waals surface area contributed by atoms with Gasteiger partial charge in [-0.25, -0.2) is 9.00 Å². The molecule has 0 saturated heterocycles. The van der Waals surface area contributed by atoms with E-state index in [1.54, 1.807) is 31.2 Å². The van der Waals surface area contributed by atoms with E-state index in [4.69, 9.17) is 20.9 Å². The highest BCUT2D eigenvalue weighted by Gasteiger charge is 2.23. The molecule has 1 atom stereocenters. The molecule has 3 aromatic rings. The van der Waals surface area contributed by atoms with Crippen molar-refractivity contribution in [1.82, 2.24) is 0 Å². The Morgan fingerprint density at radius 2 is 1.75 bits per heavy atom. The van der Waals surface area contributed by atoms with Crippen LogP contribution in [0.2, 0.25) is 5.02 Å². The Morgan fingerprint density at radius 3 is 2.32 bits per heavy atom. The molecular formula is C20H18ClNO4S2. The van der Waals surface area contributed by atoms with Crippen molar-refractivity contribution in [3.8, 4) is 21.6 Å². The van der Waals surface area contributed by atoms with Gasteiger partial charge in [-0.1, -0.05) is 35.9 Å². The second-order valence-corrected chi connectivity index (χ2v) is 8.08. The summed E-state index contributed by atoms with van der Waals surface area (Å²) in [5.41, 5.74) is 4.06. The smallest absolute Gasteiger partial charge is 0.348 e. The molecular weight excluding hydrogens is 418 g/mol. The summed E-state index contributed by atoms with van der Waals surface area (Å²) in [4.78, 5) is 14.1. The number of anilines is 1. The molecule has 0 saturated carbocycles. The summed E-state index contributed by atoms with van der Waals surface area (Å²) in [5, 5.41) is 0.646. The van der Waals surface area contributed by atoms with Crippen LogP contribution in [0.5, 0.6) is 0 Å². The summed E-state index contributed by atoms with van der Waals surface area (Å²) >= 11 is 5.24. The van der Waals surface area contributed by atoms with Gasteiger partial charge >= 0.3 is 5.97 Å². The van der Waals surface area contributed by atoms with Gasteiger partial charge in [0.25, 0.3) is 11.3 Å². The van der Waals surface area contributed by atoms with E-state index in [1.807, 2.05) is 31.2 Å². The highest BCUT2D eigenvalue weighted by atomic mass is 35.5. The van der Waals surface area contributed by atoms with Crippen LogP contribution in [0.15, 0.2) is 48.5 Å². The van der Waals surface area contributed by atoms with Gasteiger partial charge in [0.1, 0.15) is 4.88 Å². The highest BCUT2D eigenvalue weighted by molar-refractivity contribution is 7.80. The molecule has 3 rings (SSSR count). The van der Waals surface area contributed by atoms with Gasteiger partial charge in [-0.05, 0) is 54.8 Å². The minimum Gasteiger partial charge on any atom is -0.462 e. The molecule has 0 spiro atoms. The van der Waals surface area contributed by atoms with Crippen molar-refractivity contribution in [1.29, 1.82) is 0 Å². The maximum atomic E-state index is 12.6. The molecule has 0 fully saturated rings. The molecule has 2 aromatic carbocycles. The number of thiophene rings is 1. The summed E-state index contributed by atoms with van der Waals surface area (Å²) < 4.78 is 27.5. The number of benzene rings is 2. The topological polar surface area (TPSA) is 75.6 Å². The van der Waals surface area contributed by atoms with Crippen LogP contribution in [0, 0.1) is 6.92 Å². The zero-order chi connectivity index (χ0) is 20.3. The standard InChI is InChI=1S/C20H18ClNO4S2/c1-3-26-20(23)19-17(13-6-10-16(11-7-13)22-28(24)25)12(2)18(27-19)14-4-8-15(21)9-5-14/h4-11,22H,3H2,1-2H3,(H,24,25). The Kier molecular flexibility index (Phi) is 6.51. The number of carbonyl (C=O) groups excluding carboxylic acids is 1. The van der Waals surface area contributed by atoms with E-state index in [9.17, 15) is 9.00 Å². The van der Waals surface area contributed by atoms with E-state index in [0.29, 0.717) is 15.6 Å². The van der Waals surface area contributed by atoms with Gasteiger partial charge in [-0.15, -0.1) is 11.3 Å². The molecule has 0 amide bonds. The Balaban J connectivity index is 2.11. The lowest BCUT2D eigenvalue weighted by Crippen LogP contribution is -2.04. The predicted octanol–water partition coefficient (Wildman–Crippen LogP) is 5.77. The zero-order valence-corrected chi connectivity index (χ0v) is 17.6. The molecule has 0 radical (unpaired) electrons. The molecule has 0 aliphatic heterocycles. The molecule has 0 aliphatic rings. The van der Waals surface area contributed by atoms with Crippen LogP contribution in [0.4, 0.5) is 5.69 Å². The van der Waals surface area contributed by atoms with Crippen molar-refractivity contribution in [2.45, 2.75) is 13.8 Å². The third-order valence-corrected chi connectivity index (χ3v) is 6.08. The third kappa shape index (κ3) is 4.44. The van der Waals surface area contributed by atoms with Gasteiger partial charge in [0.2, 0.25) is 0 Å². The number of hydrogen-bond donors (Lipinski definition) is 2. The fraction of sp³-hybridized carbons (Fsp3) is 0.150. The maximum absolute atomic E-state index is 12.6. The molecule has 8 heteroatoms. The van der Waals surface area contributed by atoms with Crippen molar-refractivity contribution >= 4 is 45.9 Å². The predicted molar refractivity (Wildman–Crippen MR) is 115 cm³/mol. The number of esters is 1. The first kappa shape index (κ1) is 20.5. The largest absolute Gasteiger partial charge is 0.462 e. The Bertz CT molecular complexity index is 1010. The van der Waals surface area contributed by atoms with Crippen LogP contribution in [0.3, 0.4) is 0 Å². The van der Waals surface area contributed by atoms with E-state index >= 15 is 0 Å². The van der Waals surface area contributed by atoms with Gasteiger partial charge in [-0.2, -0.15) is 0 Å². The molecule has 2 N–H and O–H groups in total. The molecule has 0 bridgehead atoms. The molecule has 28 heavy (non-hydrogen) atoms. The zero-order valence-electron chi connectivity index (χ0n) is 15.2. The summed E-state index contributed by atoms with van der Waals surface area (Å²) in [6.45, 7) is 4.03. The van der Waals surface area contributed by atoms with Gasteiger partial charge in [0, 0.05) is 21.2 Å². The number of hydrogen-bond acceptors (Lipinski definition) is 4. The monoisotopic (exact) mass is 435 g/mol. The number of halogens is 1. The Hall–Kier alpha value is -2.19. The minimum atomic E-state index is -2.14. The first-order chi connectivity index (χ1) is 13.4. The van der Waals surface area contributed by atoms with Gasteiger partial charge in [0.15, 0.2) is 0 Å². The normalized spacial score (nSPS) is 11.9. The van der Waals surface area contributed by atoms with Crippen molar-refractivity contribution in [2.24, 2.45) is 0 Å². The van der Waals surface area contributed by atoms with Crippen LogP contribution in [0.1, 0.15) is 22.2 Å². The molecule has 1 heterocycles. The second kappa shape index (κ2) is 8.87. The first-order valence-electron chi connectivity index (χ1n) is 8.45. The number of rotatable bonds is 6. The molecule has 1 unspecified atom stereocenters. The van der Waals surface area contributed by atoms with Gasteiger partial charge < -0.3 is 4.74 Å². The lowest BCUT2D eigenvalue weighted by molar-refractivity contribution is 0.0533. The number of ether oxygens (including phenoxy) is 1. The second-order valence-electron chi connectivity index (χ2n) is 5.92. The molecule has 1 aromatic heterocycles. The van der Waals surface area contributed by atoms with Gasteiger partial charge in [0.05, 0.1) is 6.61 Å². The lowest BCUT2D eigenvalue weighted by Gasteiger charge is -2.08. The molecule has 0 aliphatic carbocycles. The van der Waals surface area contributed by atoms with E-state index < -0.39 is 11.3 Å². The number of nitrogens with one attached hydrogen (secondary N) is 1. The fourth-order valence-electron chi connectivity index (χ4n) is 2.88. The summed E-state index contributed by atoms with van der Waals surface area (Å²) in [5.74, 6) is -0.371. The summed E-state index contributed by atoms with van der Waals surface area (Å²) in [7, 11) is 0. The van der Waals surface area contributed by atoms with Crippen molar-refractivity contribution in [3.05, 3.63) is 64.0 Å². The Morgan fingerprint density at radius 1 is 1.14 bits per heavy atom. The minimum absolute atomic E-state index is 0.288. The average molecular weight is 436 g/mol. The van der Waals surface area contributed by atoms with E-state index in [2.05, 4.69) is 4.72 Å². The van der Waals surface area contributed by atoms with Crippen molar-refractivity contribution < 1.29 is 18.3 Å².